The molecule has 0 bridgehead atoms. The summed E-state index contributed by atoms with van der Waals surface area (Å²) in [6.07, 6.45) is 7.28. The molecule has 0 radical (unpaired) electrons. The normalized spacial score (nSPS) is 14.2. The summed E-state index contributed by atoms with van der Waals surface area (Å²) >= 11 is 0. The van der Waals surface area contributed by atoms with Crippen molar-refractivity contribution in [2.45, 2.75) is 18.8 Å². The molecule has 1 N–H and O–H groups in total. The van der Waals surface area contributed by atoms with Gasteiger partial charge in [0.1, 0.15) is 5.69 Å². The maximum Gasteiger partial charge on any atom is 0.275 e. The first kappa shape index (κ1) is 10.8. The number of anilines is 1. The third-order valence-corrected chi connectivity index (χ3v) is 2.81. The molecule has 0 spiro atoms. The number of carbonyl (C=O) groups excluding carboxylic acids is 1. The zero-order valence-electron chi connectivity index (χ0n) is 9.71. The molecule has 1 fully saturated rings. The second-order valence-corrected chi connectivity index (χ2v) is 4.27. The van der Waals surface area contributed by atoms with Crippen LogP contribution in [0.5, 0.6) is 0 Å². The Morgan fingerprint density at radius 2 is 2.06 bits per heavy atom. The van der Waals surface area contributed by atoms with Crippen molar-refractivity contribution in [2.24, 2.45) is 0 Å². The summed E-state index contributed by atoms with van der Waals surface area (Å²) in [6, 6.07) is 5.19. The number of amides is 1. The lowest BCUT2D eigenvalue weighted by Gasteiger charge is -2.03. The van der Waals surface area contributed by atoms with Crippen molar-refractivity contribution >= 4 is 11.7 Å². The minimum Gasteiger partial charge on any atom is -0.304 e. The largest absolute Gasteiger partial charge is 0.304 e. The van der Waals surface area contributed by atoms with Crippen LogP contribution in [0.2, 0.25) is 0 Å². The number of carbonyl (C=O) groups is 1. The van der Waals surface area contributed by atoms with E-state index >= 15 is 0 Å². The number of rotatable bonds is 3. The third-order valence-electron chi connectivity index (χ3n) is 2.81. The Balaban J connectivity index is 1.70. The van der Waals surface area contributed by atoms with Crippen LogP contribution in [0.3, 0.4) is 0 Å². The summed E-state index contributed by atoms with van der Waals surface area (Å²) in [6.45, 7) is 0. The molecule has 5 heteroatoms. The van der Waals surface area contributed by atoms with E-state index in [2.05, 4.69) is 20.3 Å². The number of nitrogens with one attached hydrogen (secondary N) is 1. The predicted molar refractivity (Wildman–Crippen MR) is 66.2 cm³/mol. The Morgan fingerprint density at radius 3 is 2.67 bits per heavy atom. The van der Waals surface area contributed by atoms with Gasteiger partial charge in [-0.05, 0) is 25.0 Å². The maximum atomic E-state index is 11.8. The van der Waals surface area contributed by atoms with E-state index in [0.717, 1.165) is 5.69 Å². The van der Waals surface area contributed by atoms with E-state index in [1.807, 2.05) is 0 Å². The molecule has 1 aliphatic rings. The Kier molecular flexibility index (Phi) is 2.72. The van der Waals surface area contributed by atoms with E-state index < -0.39 is 0 Å². The first-order valence-corrected chi connectivity index (χ1v) is 5.87. The van der Waals surface area contributed by atoms with Gasteiger partial charge in [0, 0.05) is 12.1 Å². The predicted octanol–water partition coefficient (Wildman–Crippen LogP) is 2.00. The summed E-state index contributed by atoms with van der Waals surface area (Å²) < 4.78 is 0. The minimum absolute atomic E-state index is 0.274. The fourth-order valence-corrected chi connectivity index (χ4v) is 1.67. The SMILES string of the molecule is O=C(Nc1cnc(C2CC2)cn1)c1ccccn1. The van der Waals surface area contributed by atoms with Crippen molar-refractivity contribution in [2.75, 3.05) is 5.32 Å². The molecule has 2 aromatic heterocycles. The zero-order valence-corrected chi connectivity index (χ0v) is 9.71. The van der Waals surface area contributed by atoms with Gasteiger partial charge >= 0.3 is 0 Å². The third kappa shape index (κ3) is 2.34. The lowest BCUT2D eigenvalue weighted by atomic mass is 10.3. The van der Waals surface area contributed by atoms with Gasteiger partial charge < -0.3 is 5.32 Å². The van der Waals surface area contributed by atoms with E-state index in [4.69, 9.17) is 0 Å². The Morgan fingerprint density at radius 1 is 1.17 bits per heavy atom. The van der Waals surface area contributed by atoms with Crippen molar-refractivity contribution in [3.63, 3.8) is 0 Å². The van der Waals surface area contributed by atoms with Gasteiger partial charge in [-0.15, -0.1) is 0 Å². The average Bonchev–Trinajstić information content (AvgIpc) is 3.25. The lowest BCUT2D eigenvalue weighted by molar-refractivity contribution is 0.102. The summed E-state index contributed by atoms with van der Waals surface area (Å²) in [5.41, 5.74) is 1.37. The fraction of sp³-hybridized carbons (Fsp3) is 0.231. The van der Waals surface area contributed by atoms with Crippen molar-refractivity contribution < 1.29 is 4.79 Å². The second-order valence-electron chi connectivity index (χ2n) is 4.27. The monoisotopic (exact) mass is 240 g/mol. The highest BCUT2D eigenvalue weighted by atomic mass is 16.1. The van der Waals surface area contributed by atoms with Crippen LogP contribution in [0.1, 0.15) is 34.9 Å². The van der Waals surface area contributed by atoms with Crippen LogP contribution < -0.4 is 5.32 Å². The molecule has 0 atom stereocenters. The molecule has 5 nitrogen and oxygen atoms in total. The second kappa shape index (κ2) is 4.52. The van der Waals surface area contributed by atoms with Crippen molar-refractivity contribution in [1.82, 2.24) is 15.0 Å². The van der Waals surface area contributed by atoms with Gasteiger partial charge in [-0.2, -0.15) is 0 Å². The topological polar surface area (TPSA) is 67.8 Å². The van der Waals surface area contributed by atoms with E-state index in [1.165, 1.54) is 12.8 Å². The molecular formula is C13H12N4O. The van der Waals surface area contributed by atoms with Crippen LogP contribution in [-0.4, -0.2) is 20.9 Å². The average molecular weight is 240 g/mol. The molecule has 1 saturated carbocycles. The molecular weight excluding hydrogens is 228 g/mol. The molecule has 0 aliphatic heterocycles. The van der Waals surface area contributed by atoms with Crippen molar-refractivity contribution in [1.29, 1.82) is 0 Å². The highest BCUT2D eigenvalue weighted by molar-refractivity contribution is 6.02. The molecule has 90 valence electrons. The first-order chi connectivity index (χ1) is 8.83. The Hall–Kier alpha value is -2.30. The van der Waals surface area contributed by atoms with Gasteiger partial charge in [0.15, 0.2) is 5.82 Å². The summed E-state index contributed by atoms with van der Waals surface area (Å²) in [5.74, 6) is 0.747. The van der Waals surface area contributed by atoms with Crippen LogP contribution in [0.25, 0.3) is 0 Å². The molecule has 0 aromatic carbocycles. The molecule has 18 heavy (non-hydrogen) atoms. The molecule has 0 unspecified atom stereocenters. The number of pyridine rings is 1. The molecule has 2 heterocycles. The zero-order chi connectivity index (χ0) is 12.4. The summed E-state index contributed by atoms with van der Waals surface area (Å²) in [5, 5.41) is 2.67. The van der Waals surface area contributed by atoms with Crippen LogP contribution >= 0.6 is 0 Å². The molecule has 3 rings (SSSR count). The van der Waals surface area contributed by atoms with Gasteiger partial charge in [0.05, 0.1) is 18.1 Å². The number of hydrogen-bond acceptors (Lipinski definition) is 4. The summed E-state index contributed by atoms with van der Waals surface area (Å²) in [7, 11) is 0. The van der Waals surface area contributed by atoms with Crippen LogP contribution in [-0.2, 0) is 0 Å². The fourth-order valence-electron chi connectivity index (χ4n) is 1.67. The minimum atomic E-state index is -0.274. The van der Waals surface area contributed by atoms with Gasteiger partial charge in [-0.1, -0.05) is 6.07 Å². The van der Waals surface area contributed by atoms with E-state index in [0.29, 0.717) is 17.4 Å². The number of aromatic nitrogens is 3. The highest BCUT2D eigenvalue weighted by Crippen LogP contribution is 2.38. The maximum absolute atomic E-state index is 11.8. The van der Waals surface area contributed by atoms with Gasteiger partial charge in [-0.25, -0.2) is 4.98 Å². The lowest BCUT2D eigenvalue weighted by Crippen LogP contribution is -2.14. The highest BCUT2D eigenvalue weighted by Gasteiger charge is 2.25. The molecule has 1 aliphatic carbocycles. The van der Waals surface area contributed by atoms with Crippen molar-refractivity contribution in [3.8, 4) is 0 Å². The quantitative estimate of drug-likeness (QED) is 0.891. The van der Waals surface area contributed by atoms with E-state index in [-0.39, 0.29) is 5.91 Å². The van der Waals surface area contributed by atoms with Gasteiger partial charge in [0.2, 0.25) is 0 Å². The first-order valence-electron chi connectivity index (χ1n) is 5.87. The molecule has 2 aromatic rings. The number of hydrogen-bond donors (Lipinski definition) is 1. The number of nitrogens with zero attached hydrogens (tertiary/aromatic N) is 3. The van der Waals surface area contributed by atoms with E-state index in [9.17, 15) is 4.79 Å². The molecule has 1 amide bonds. The van der Waals surface area contributed by atoms with Crippen LogP contribution in [0, 0.1) is 0 Å². The Bertz CT molecular complexity index is 549. The molecule has 0 saturated heterocycles. The van der Waals surface area contributed by atoms with Gasteiger partial charge in [0.25, 0.3) is 5.91 Å². The smallest absolute Gasteiger partial charge is 0.275 e. The summed E-state index contributed by atoms with van der Waals surface area (Å²) in [4.78, 5) is 24.2. The van der Waals surface area contributed by atoms with Crippen molar-refractivity contribution in [3.05, 3.63) is 48.2 Å². The van der Waals surface area contributed by atoms with Gasteiger partial charge in [-0.3, -0.25) is 14.8 Å². The van der Waals surface area contributed by atoms with Crippen LogP contribution in [0.4, 0.5) is 5.82 Å². The van der Waals surface area contributed by atoms with E-state index in [1.54, 1.807) is 36.8 Å². The Labute approximate surface area is 104 Å². The standard InChI is InChI=1S/C13H12N4O/c18-13(10-3-1-2-6-14-10)17-12-8-15-11(7-16-12)9-4-5-9/h1-3,6-9H,4-5H2,(H,16,17,18). The van der Waals surface area contributed by atoms with Crippen LogP contribution in [0.15, 0.2) is 36.8 Å².